The largest absolute Gasteiger partial charge is 0.452 e. The molecule has 0 aliphatic rings. The monoisotopic (exact) mass is 415 g/mol. The van der Waals surface area contributed by atoms with Crippen LogP contribution in [0.25, 0.3) is 11.0 Å². The van der Waals surface area contributed by atoms with Crippen LogP contribution in [0.1, 0.15) is 10.4 Å². The average molecular weight is 415 g/mol. The highest BCUT2D eigenvalue weighted by molar-refractivity contribution is 7.99. The summed E-state index contributed by atoms with van der Waals surface area (Å²) < 4.78 is 5.16. The van der Waals surface area contributed by atoms with Crippen LogP contribution in [-0.4, -0.2) is 28.5 Å². The number of anilines is 1. The van der Waals surface area contributed by atoms with Gasteiger partial charge in [0.05, 0.1) is 22.3 Å². The predicted molar refractivity (Wildman–Crippen MR) is 115 cm³/mol. The van der Waals surface area contributed by atoms with E-state index in [4.69, 9.17) is 4.74 Å². The molecule has 1 aromatic heterocycles. The van der Waals surface area contributed by atoms with Gasteiger partial charge in [0.2, 0.25) is 0 Å². The number of aromatic nitrogens is 2. The van der Waals surface area contributed by atoms with E-state index >= 15 is 0 Å². The standard InChI is InChI=1S/C23H17N3O3S/c27-22(15-29-23(28)16-10-11-18-20(14-16)25-13-12-24-18)26-19-8-4-5-9-21(19)30-17-6-2-1-3-7-17/h1-14H,15H2,(H,26,27). The summed E-state index contributed by atoms with van der Waals surface area (Å²) in [5.74, 6) is -1.00. The number of hydrogen-bond acceptors (Lipinski definition) is 6. The van der Waals surface area contributed by atoms with Crippen LogP contribution in [0.4, 0.5) is 5.69 Å². The summed E-state index contributed by atoms with van der Waals surface area (Å²) in [5.41, 5.74) is 2.24. The molecule has 30 heavy (non-hydrogen) atoms. The van der Waals surface area contributed by atoms with Crippen molar-refractivity contribution >= 4 is 40.4 Å². The van der Waals surface area contributed by atoms with Crippen LogP contribution in [0, 0.1) is 0 Å². The average Bonchev–Trinajstić information content (AvgIpc) is 2.79. The van der Waals surface area contributed by atoms with Crippen LogP contribution in [0.15, 0.2) is 95.0 Å². The second-order valence-electron chi connectivity index (χ2n) is 6.30. The summed E-state index contributed by atoms with van der Waals surface area (Å²) in [5, 5.41) is 2.81. The van der Waals surface area contributed by atoms with Crippen molar-refractivity contribution < 1.29 is 14.3 Å². The molecule has 1 amide bonds. The van der Waals surface area contributed by atoms with Crippen LogP contribution in [0.3, 0.4) is 0 Å². The highest BCUT2D eigenvalue weighted by Crippen LogP contribution is 2.33. The lowest BCUT2D eigenvalue weighted by atomic mass is 10.2. The quantitative estimate of drug-likeness (QED) is 0.465. The van der Waals surface area contributed by atoms with E-state index in [0.717, 1.165) is 9.79 Å². The van der Waals surface area contributed by atoms with Crippen molar-refractivity contribution in [3.63, 3.8) is 0 Å². The summed E-state index contributed by atoms with van der Waals surface area (Å²) in [4.78, 5) is 34.9. The molecule has 1 N–H and O–H groups in total. The highest BCUT2D eigenvalue weighted by Gasteiger charge is 2.13. The molecule has 0 aliphatic heterocycles. The Bertz CT molecular complexity index is 1200. The van der Waals surface area contributed by atoms with E-state index in [2.05, 4.69) is 15.3 Å². The van der Waals surface area contributed by atoms with Crippen LogP contribution >= 0.6 is 11.8 Å². The molecule has 4 rings (SSSR count). The fourth-order valence-corrected chi connectivity index (χ4v) is 3.69. The van der Waals surface area contributed by atoms with Gasteiger partial charge in [0.15, 0.2) is 6.61 Å². The SMILES string of the molecule is O=C(COC(=O)c1ccc2nccnc2c1)Nc1ccccc1Sc1ccccc1. The molecule has 4 aromatic rings. The van der Waals surface area contributed by atoms with E-state index in [0.29, 0.717) is 22.3 Å². The number of para-hydroxylation sites is 1. The molecule has 7 heteroatoms. The Kier molecular flexibility index (Phi) is 6.01. The first kappa shape index (κ1) is 19.6. The maximum atomic E-state index is 12.3. The zero-order valence-corrected chi connectivity index (χ0v) is 16.6. The van der Waals surface area contributed by atoms with Crippen molar-refractivity contribution in [1.29, 1.82) is 0 Å². The van der Waals surface area contributed by atoms with Gasteiger partial charge in [0, 0.05) is 22.2 Å². The first-order chi connectivity index (χ1) is 14.7. The number of rotatable bonds is 6. The lowest BCUT2D eigenvalue weighted by molar-refractivity contribution is -0.119. The Hall–Kier alpha value is -3.71. The molecule has 6 nitrogen and oxygen atoms in total. The zero-order valence-electron chi connectivity index (χ0n) is 15.8. The van der Waals surface area contributed by atoms with E-state index in [-0.39, 0.29) is 6.61 Å². The molecule has 148 valence electrons. The predicted octanol–water partition coefficient (Wildman–Crippen LogP) is 4.58. The minimum absolute atomic E-state index is 0.316. The summed E-state index contributed by atoms with van der Waals surface area (Å²) in [6.07, 6.45) is 3.13. The zero-order chi connectivity index (χ0) is 20.8. The molecule has 3 aromatic carbocycles. The first-order valence-electron chi connectivity index (χ1n) is 9.19. The van der Waals surface area contributed by atoms with Gasteiger partial charge in [-0.1, -0.05) is 42.1 Å². The van der Waals surface area contributed by atoms with Gasteiger partial charge in [-0.25, -0.2) is 4.79 Å². The fourth-order valence-electron chi connectivity index (χ4n) is 2.77. The molecule has 1 heterocycles. The molecule has 0 saturated heterocycles. The molecule has 0 saturated carbocycles. The van der Waals surface area contributed by atoms with Crippen molar-refractivity contribution in [2.24, 2.45) is 0 Å². The highest BCUT2D eigenvalue weighted by atomic mass is 32.2. The number of carbonyl (C=O) groups excluding carboxylic acids is 2. The normalized spacial score (nSPS) is 10.5. The Morgan fingerprint density at radius 1 is 0.867 bits per heavy atom. The maximum absolute atomic E-state index is 12.3. The molecule has 0 bridgehead atoms. The van der Waals surface area contributed by atoms with Crippen LogP contribution in [0.2, 0.25) is 0 Å². The third-order valence-corrected chi connectivity index (χ3v) is 5.26. The van der Waals surface area contributed by atoms with Gasteiger partial charge in [0.1, 0.15) is 0 Å². The van der Waals surface area contributed by atoms with Crippen LogP contribution in [-0.2, 0) is 9.53 Å². The molecule has 0 fully saturated rings. The third-order valence-electron chi connectivity index (χ3n) is 4.17. The second kappa shape index (κ2) is 9.19. The summed E-state index contributed by atoms with van der Waals surface area (Å²) in [6, 6.07) is 22.2. The Morgan fingerprint density at radius 2 is 1.60 bits per heavy atom. The van der Waals surface area contributed by atoms with E-state index in [1.807, 2.05) is 54.6 Å². The summed E-state index contributed by atoms with van der Waals surface area (Å²) in [6.45, 7) is -0.387. The van der Waals surface area contributed by atoms with Crippen molar-refractivity contribution in [1.82, 2.24) is 9.97 Å². The number of esters is 1. The van der Waals surface area contributed by atoms with E-state index < -0.39 is 11.9 Å². The van der Waals surface area contributed by atoms with Gasteiger partial charge in [-0.2, -0.15) is 0 Å². The van der Waals surface area contributed by atoms with Gasteiger partial charge >= 0.3 is 5.97 Å². The molecule has 0 radical (unpaired) electrons. The molecule has 0 atom stereocenters. The first-order valence-corrected chi connectivity index (χ1v) is 10.0. The number of nitrogens with zero attached hydrogens (tertiary/aromatic N) is 2. The molecule has 0 aliphatic carbocycles. The van der Waals surface area contributed by atoms with Crippen molar-refractivity contribution in [3.8, 4) is 0 Å². The number of carbonyl (C=O) groups is 2. The molecule has 0 unspecified atom stereocenters. The Morgan fingerprint density at radius 3 is 2.43 bits per heavy atom. The van der Waals surface area contributed by atoms with Crippen LogP contribution < -0.4 is 5.32 Å². The Labute approximate surface area is 177 Å². The van der Waals surface area contributed by atoms with Crippen molar-refractivity contribution in [2.45, 2.75) is 9.79 Å². The number of nitrogens with one attached hydrogen (secondary N) is 1. The number of benzene rings is 3. The van der Waals surface area contributed by atoms with Gasteiger partial charge < -0.3 is 10.1 Å². The van der Waals surface area contributed by atoms with Gasteiger partial charge in [-0.3, -0.25) is 14.8 Å². The maximum Gasteiger partial charge on any atom is 0.338 e. The fraction of sp³-hybridized carbons (Fsp3) is 0.0435. The van der Waals surface area contributed by atoms with E-state index in [1.54, 1.807) is 42.4 Å². The van der Waals surface area contributed by atoms with Gasteiger partial charge in [-0.15, -0.1) is 0 Å². The molecular formula is C23H17N3O3S. The summed E-state index contributed by atoms with van der Waals surface area (Å²) >= 11 is 1.54. The summed E-state index contributed by atoms with van der Waals surface area (Å²) in [7, 11) is 0. The van der Waals surface area contributed by atoms with E-state index in [1.165, 1.54) is 0 Å². The molecular weight excluding hydrogens is 398 g/mol. The topological polar surface area (TPSA) is 81.2 Å². The second-order valence-corrected chi connectivity index (χ2v) is 7.41. The van der Waals surface area contributed by atoms with E-state index in [9.17, 15) is 9.59 Å². The third kappa shape index (κ3) is 4.82. The lowest BCUT2D eigenvalue weighted by Gasteiger charge is -2.11. The van der Waals surface area contributed by atoms with Crippen molar-refractivity contribution in [3.05, 3.63) is 90.8 Å². The number of amides is 1. The van der Waals surface area contributed by atoms with Crippen molar-refractivity contribution in [2.75, 3.05) is 11.9 Å². The lowest BCUT2D eigenvalue weighted by Crippen LogP contribution is -2.21. The molecule has 0 spiro atoms. The number of ether oxygens (including phenoxy) is 1. The smallest absolute Gasteiger partial charge is 0.338 e. The van der Waals surface area contributed by atoms with Gasteiger partial charge in [0.25, 0.3) is 5.91 Å². The van der Waals surface area contributed by atoms with Gasteiger partial charge in [-0.05, 0) is 42.5 Å². The minimum Gasteiger partial charge on any atom is -0.452 e. The number of fused-ring (bicyclic) bond motifs is 1. The Balaban J connectivity index is 1.38. The van der Waals surface area contributed by atoms with Crippen LogP contribution in [0.5, 0.6) is 0 Å². The minimum atomic E-state index is -0.593. The number of hydrogen-bond donors (Lipinski definition) is 1.